The van der Waals surface area contributed by atoms with Gasteiger partial charge in [-0.05, 0) is 0 Å². The molecule has 0 saturated carbocycles. The maximum atomic E-state index is 12.2. The fourth-order valence-corrected chi connectivity index (χ4v) is 2.45. The topological polar surface area (TPSA) is 123 Å². The summed E-state index contributed by atoms with van der Waals surface area (Å²) in [5.74, 6) is 2.34. The molecule has 9 nitrogen and oxygen atoms in total. The Morgan fingerprint density at radius 3 is 2.73 bits per heavy atom. The van der Waals surface area contributed by atoms with Gasteiger partial charge in [-0.3, -0.25) is 13.9 Å². The smallest absolute Gasteiger partial charge is 0.282 e. The summed E-state index contributed by atoms with van der Waals surface area (Å²) in [5.41, 5.74) is -0.128. The first-order valence-corrected chi connectivity index (χ1v) is 6.56. The van der Waals surface area contributed by atoms with E-state index in [9.17, 15) is 15.0 Å². The maximum Gasteiger partial charge on any atom is 0.282 e. The number of rotatable bonds is 3. The monoisotopic (exact) mass is 306 g/mol. The Hall–Kier alpha value is -2.25. The largest absolute Gasteiger partial charge is 0.394 e. The first kappa shape index (κ1) is 14.7. The molecule has 2 aromatic rings. The molecule has 22 heavy (non-hydrogen) atoms. The minimum absolute atomic E-state index is 0.0719. The van der Waals surface area contributed by atoms with E-state index in [1.165, 1.54) is 21.8 Å². The molecule has 3 rings (SSSR count). The van der Waals surface area contributed by atoms with E-state index >= 15 is 0 Å². The van der Waals surface area contributed by atoms with Crippen LogP contribution in [0.2, 0.25) is 0 Å². The van der Waals surface area contributed by atoms with Crippen molar-refractivity contribution in [2.24, 2.45) is 0 Å². The van der Waals surface area contributed by atoms with E-state index < -0.39 is 36.7 Å². The van der Waals surface area contributed by atoms with Crippen LogP contribution in [0.15, 0.2) is 17.4 Å². The molecule has 0 amide bonds. The number of imidazole rings is 1. The van der Waals surface area contributed by atoms with Crippen molar-refractivity contribution in [3.63, 3.8) is 0 Å². The maximum absolute atomic E-state index is 12.2. The predicted molar refractivity (Wildman–Crippen MR) is 73.6 cm³/mol. The number of nitrogens with zero attached hydrogens (tertiary/aromatic N) is 4. The fraction of sp³-hybridized carbons (Fsp3) is 0.462. The molecule has 1 fully saturated rings. The number of fused-ring (bicyclic) bond motifs is 1. The second-order valence-corrected chi connectivity index (χ2v) is 4.93. The number of aliphatic hydroxyl groups is 3. The molecule has 3 heterocycles. The van der Waals surface area contributed by atoms with E-state index in [1.54, 1.807) is 0 Å². The van der Waals surface area contributed by atoms with Gasteiger partial charge in [0.15, 0.2) is 17.4 Å². The van der Waals surface area contributed by atoms with Crippen LogP contribution in [0.4, 0.5) is 0 Å². The van der Waals surface area contributed by atoms with E-state index in [-0.39, 0.29) is 17.7 Å². The summed E-state index contributed by atoms with van der Waals surface area (Å²) in [6, 6.07) is 0. The Morgan fingerprint density at radius 2 is 2.09 bits per heavy atom. The van der Waals surface area contributed by atoms with E-state index in [2.05, 4.69) is 15.9 Å². The van der Waals surface area contributed by atoms with Gasteiger partial charge in [-0.15, -0.1) is 6.42 Å². The lowest BCUT2D eigenvalue weighted by atomic mass is 10.1. The fourth-order valence-electron chi connectivity index (χ4n) is 2.45. The highest BCUT2D eigenvalue weighted by Crippen LogP contribution is 2.30. The number of hydrogen-bond acceptors (Lipinski definition) is 7. The van der Waals surface area contributed by atoms with Gasteiger partial charge < -0.3 is 20.1 Å². The second kappa shape index (κ2) is 5.51. The van der Waals surface area contributed by atoms with Crippen LogP contribution < -0.4 is 5.56 Å². The zero-order chi connectivity index (χ0) is 15.9. The van der Waals surface area contributed by atoms with E-state index in [4.69, 9.17) is 16.3 Å². The van der Waals surface area contributed by atoms with Crippen molar-refractivity contribution in [1.29, 1.82) is 0 Å². The highest BCUT2D eigenvalue weighted by molar-refractivity contribution is 5.69. The lowest BCUT2D eigenvalue weighted by Gasteiger charge is -2.16. The van der Waals surface area contributed by atoms with Crippen LogP contribution in [-0.2, 0) is 11.3 Å². The summed E-state index contributed by atoms with van der Waals surface area (Å²) >= 11 is 0. The summed E-state index contributed by atoms with van der Waals surface area (Å²) < 4.78 is 7.98. The summed E-state index contributed by atoms with van der Waals surface area (Å²) in [5, 5.41) is 28.9. The highest BCUT2D eigenvalue weighted by atomic mass is 16.6. The van der Waals surface area contributed by atoms with Crippen molar-refractivity contribution >= 4 is 11.2 Å². The molecule has 4 atom stereocenters. The van der Waals surface area contributed by atoms with Crippen molar-refractivity contribution in [3.05, 3.63) is 23.0 Å². The first-order valence-electron chi connectivity index (χ1n) is 6.56. The van der Waals surface area contributed by atoms with E-state index in [0.717, 1.165) is 0 Å². The van der Waals surface area contributed by atoms with Crippen molar-refractivity contribution in [2.75, 3.05) is 6.61 Å². The SMILES string of the molecule is C#CCn1cnc2c(ncn2[C@@H]2O[C@H](CO)[C@@H](O)[C@H]2O)c1=O. The number of aromatic nitrogens is 4. The Bertz CT molecular complexity index is 792. The second-order valence-electron chi connectivity index (χ2n) is 4.93. The molecule has 0 aromatic carbocycles. The van der Waals surface area contributed by atoms with Crippen molar-refractivity contribution < 1.29 is 20.1 Å². The number of terminal acetylenes is 1. The average Bonchev–Trinajstić information content (AvgIpc) is 3.05. The van der Waals surface area contributed by atoms with Crippen LogP contribution in [0.25, 0.3) is 11.2 Å². The van der Waals surface area contributed by atoms with Gasteiger partial charge in [0.2, 0.25) is 0 Å². The van der Waals surface area contributed by atoms with Gasteiger partial charge >= 0.3 is 0 Å². The summed E-state index contributed by atoms with van der Waals surface area (Å²) in [4.78, 5) is 20.3. The standard InChI is InChI=1S/C13H14N4O5/c1-2-3-16-5-15-11-8(12(16)21)14-6-17(11)13-10(20)9(19)7(4-18)22-13/h1,5-7,9-10,13,18-20H,3-4H2/t7-,9-,10-,13-/m1/s1. The minimum Gasteiger partial charge on any atom is -0.394 e. The first-order chi connectivity index (χ1) is 10.6. The molecule has 9 heteroatoms. The molecular formula is C13H14N4O5. The molecule has 0 bridgehead atoms. The third kappa shape index (κ3) is 2.10. The quantitative estimate of drug-likeness (QED) is 0.552. The van der Waals surface area contributed by atoms with Crippen LogP contribution in [-0.4, -0.2) is 59.3 Å². The van der Waals surface area contributed by atoms with E-state index in [0.29, 0.717) is 0 Å². The molecule has 3 N–H and O–H groups in total. The molecule has 1 aliphatic rings. The van der Waals surface area contributed by atoms with Gasteiger partial charge in [0.1, 0.15) is 24.6 Å². The van der Waals surface area contributed by atoms with Gasteiger partial charge in [0.25, 0.3) is 5.56 Å². The molecule has 0 aliphatic carbocycles. The molecule has 0 radical (unpaired) electrons. The van der Waals surface area contributed by atoms with Crippen LogP contribution in [0.5, 0.6) is 0 Å². The molecule has 0 unspecified atom stereocenters. The van der Waals surface area contributed by atoms with Crippen molar-refractivity contribution in [1.82, 2.24) is 19.1 Å². The molecule has 1 aliphatic heterocycles. The Morgan fingerprint density at radius 1 is 1.32 bits per heavy atom. The summed E-state index contributed by atoms with van der Waals surface area (Å²) in [6.07, 6.45) is 3.32. The molecule has 2 aromatic heterocycles. The highest BCUT2D eigenvalue weighted by Gasteiger charge is 2.44. The minimum atomic E-state index is -1.27. The third-order valence-electron chi connectivity index (χ3n) is 3.60. The zero-order valence-corrected chi connectivity index (χ0v) is 11.4. The molecule has 116 valence electrons. The zero-order valence-electron chi connectivity index (χ0n) is 11.4. The van der Waals surface area contributed by atoms with Crippen molar-refractivity contribution in [3.8, 4) is 12.3 Å². The van der Waals surface area contributed by atoms with Gasteiger partial charge in [-0.2, -0.15) is 0 Å². The average molecular weight is 306 g/mol. The van der Waals surface area contributed by atoms with Crippen LogP contribution >= 0.6 is 0 Å². The molecule has 1 saturated heterocycles. The van der Waals surface area contributed by atoms with Crippen LogP contribution in [0.1, 0.15) is 6.23 Å². The molecular weight excluding hydrogens is 292 g/mol. The van der Waals surface area contributed by atoms with Gasteiger partial charge in [-0.1, -0.05) is 5.92 Å². The van der Waals surface area contributed by atoms with Gasteiger partial charge in [0.05, 0.1) is 19.5 Å². The van der Waals surface area contributed by atoms with Crippen LogP contribution in [0.3, 0.4) is 0 Å². The molecule has 0 spiro atoms. The lowest BCUT2D eigenvalue weighted by Crippen LogP contribution is -2.33. The lowest BCUT2D eigenvalue weighted by molar-refractivity contribution is -0.0511. The summed E-state index contributed by atoms with van der Waals surface area (Å²) in [6.45, 7) is -0.369. The Kier molecular flexibility index (Phi) is 3.67. The summed E-state index contributed by atoms with van der Waals surface area (Å²) in [7, 11) is 0. The van der Waals surface area contributed by atoms with Gasteiger partial charge in [-0.25, -0.2) is 9.97 Å². The van der Waals surface area contributed by atoms with Crippen LogP contribution in [0, 0.1) is 12.3 Å². The predicted octanol–water partition coefficient (Wildman–Crippen LogP) is -2.16. The number of hydrogen-bond donors (Lipinski definition) is 3. The third-order valence-corrected chi connectivity index (χ3v) is 3.60. The Labute approximate surface area is 124 Å². The Balaban J connectivity index is 2.05. The number of aliphatic hydroxyl groups excluding tert-OH is 3. The van der Waals surface area contributed by atoms with Crippen molar-refractivity contribution in [2.45, 2.75) is 31.1 Å². The van der Waals surface area contributed by atoms with Gasteiger partial charge in [0, 0.05) is 0 Å². The normalized spacial score (nSPS) is 28.1. The number of ether oxygens (including phenoxy) is 1. The van der Waals surface area contributed by atoms with E-state index in [1.807, 2.05) is 0 Å².